The molecule has 0 spiro atoms. The molecular formula is C29H39FN4O4Si. The Hall–Kier alpha value is -3.24. The molecule has 0 aliphatic heterocycles. The molecule has 210 valence electrons. The number of carbonyl (C=O) groups excluding carboxylic acids is 1. The van der Waals surface area contributed by atoms with Crippen molar-refractivity contribution >= 4 is 36.8 Å². The Morgan fingerprint density at radius 2 is 1.85 bits per heavy atom. The summed E-state index contributed by atoms with van der Waals surface area (Å²) in [4.78, 5) is 28.9. The van der Waals surface area contributed by atoms with Crippen LogP contribution in [0.1, 0.15) is 32.6 Å². The number of benzene rings is 1. The van der Waals surface area contributed by atoms with Gasteiger partial charge in [0.1, 0.15) is 18.2 Å². The number of halogens is 1. The van der Waals surface area contributed by atoms with Crippen molar-refractivity contribution in [2.75, 3.05) is 11.9 Å². The van der Waals surface area contributed by atoms with Gasteiger partial charge < -0.3 is 25.0 Å². The van der Waals surface area contributed by atoms with Gasteiger partial charge in [-0.05, 0) is 86.5 Å². The second-order valence-corrected chi connectivity index (χ2v) is 17.4. The van der Waals surface area contributed by atoms with Crippen molar-refractivity contribution in [2.24, 2.45) is 11.8 Å². The summed E-state index contributed by atoms with van der Waals surface area (Å²) >= 11 is 0. The lowest BCUT2D eigenvalue weighted by molar-refractivity contribution is -0.121. The van der Waals surface area contributed by atoms with E-state index in [2.05, 4.69) is 35.3 Å². The zero-order valence-electron chi connectivity index (χ0n) is 23.2. The highest BCUT2D eigenvalue weighted by molar-refractivity contribution is 6.76. The minimum atomic E-state index is -1.25. The normalized spacial score (nSPS) is 18.6. The molecule has 1 atom stereocenters. The van der Waals surface area contributed by atoms with Crippen LogP contribution in [0.2, 0.25) is 25.7 Å². The number of carboxylic acid groups (broad SMARTS) is 1. The Morgan fingerprint density at radius 1 is 1.15 bits per heavy atom. The maximum absolute atomic E-state index is 13.7. The van der Waals surface area contributed by atoms with E-state index in [1.54, 1.807) is 24.4 Å². The van der Waals surface area contributed by atoms with Gasteiger partial charge in [-0.3, -0.25) is 4.79 Å². The van der Waals surface area contributed by atoms with Gasteiger partial charge in [0, 0.05) is 38.2 Å². The van der Waals surface area contributed by atoms with Crippen LogP contribution in [0.4, 0.5) is 14.9 Å². The van der Waals surface area contributed by atoms with Crippen molar-refractivity contribution in [3.05, 3.63) is 48.4 Å². The molecule has 8 nitrogen and oxygen atoms in total. The second-order valence-electron chi connectivity index (χ2n) is 11.7. The van der Waals surface area contributed by atoms with Crippen LogP contribution in [0.3, 0.4) is 0 Å². The number of anilines is 1. The molecule has 1 aliphatic rings. The maximum Gasteiger partial charge on any atom is 0.404 e. The van der Waals surface area contributed by atoms with Crippen molar-refractivity contribution in [3.63, 3.8) is 0 Å². The first-order chi connectivity index (χ1) is 18.5. The number of pyridine rings is 1. The van der Waals surface area contributed by atoms with Gasteiger partial charge in [-0.25, -0.2) is 14.2 Å². The number of nitrogens with zero attached hydrogens (tertiary/aromatic N) is 2. The number of hydrogen-bond acceptors (Lipinski definition) is 4. The fourth-order valence-electron chi connectivity index (χ4n) is 5.21. The number of hydrogen-bond donors (Lipinski definition) is 3. The second kappa shape index (κ2) is 12.3. The van der Waals surface area contributed by atoms with E-state index in [0.29, 0.717) is 37.5 Å². The smallest absolute Gasteiger partial charge is 0.404 e. The fraction of sp³-hybridized carbons (Fsp3) is 0.483. The number of amides is 2. The van der Waals surface area contributed by atoms with E-state index in [-0.39, 0.29) is 29.6 Å². The number of fused-ring (bicyclic) bond motifs is 1. The lowest BCUT2D eigenvalue weighted by atomic mass is 9.78. The van der Waals surface area contributed by atoms with Gasteiger partial charge in [0.25, 0.3) is 0 Å². The van der Waals surface area contributed by atoms with Gasteiger partial charge in [-0.15, -0.1) is 0 Å². The molecule has 10 heteroatoms. The first kappa shape index (κ1) is 28.8. The zero-order valence-corrected chi connectivity index (χ0v) is 24.2. The first-order valence-corrected chi connectivity index (χ1v) is 17.3. The summed E-state index contributed by atoms with van der Waals surface area (Å²) in [5.41, 5.74) is 3.05. The van der Waals surface area contributed by atoms with Crippen LogP contribution in [0, 0.1) is 17.7 Å². The number of nitrogens with one attached hydrogen (secondary N) is 2. The van der Waals surface area contributed by atoms with Crippen molar-refractivity contribution in [1.29, 1.82) is 0 Å². The molecule has 4 rings (SSSR count). The average Bonchev–Trinajstić information content (AvgIpc) is 3.25. The van der Waals surface area contributed by atoms with Crippen molar-refractivity contribution < 1.29 is 23.8 Å². The molecule has 2 amide bonds. The summed E-state index contributed by atoms with van der Waals surface area (Å²) in [6.45, 7) is 9.76. The molecule has 39 heavy (non-hydrogen) atoms. The van der Waals surface area contributed by atoms with E-state index in [4.69, 9.17) is 9.84 Å². The highest BCUT2D eigenvalue weighted by atomic mass is 28.3. The van der Waals surface area contributed by atoms with Gasteiger partial charge >= 0.3 is 6.09 Å². The number of ether oxygens (including phenoxy) is 1. The summed E-state index contributed by atoms with van der Waals surface area (Å²) < 4.78 is 21.7. The predicted octanol–water partition coefficient (Wildman–Crippen LogP) is 6.56. The van der Waals surface area contributed by atoms with Gasteiger partial charge in [-0.2, -0.15) is 0 Å². The van der Waals surface area contributed by atoms with Crippen LogP contribution in [0.5, 0.6) is 0 Å². The van der Waals surface area contributed by atoms with E-state index in [1.165, 1.54) is 12.1 Å². The maximum atomic E-state index is 13.7. The van der Waals surface area contributed by atoms with Crippen LogP contribution >= 0.6 is 0 Å². The van der Waals surface area contributed by atoms with Gasteiger partial charge in [-0.1, -0.05) is 19.6 Å². The summed E-state index contributed by atoms with van der Waals surface area (Å²) in [6.07, 6.45) is 3.68. The molecule has 1 saturated carbocycles. The van der Waals surface area contributed by atoms with Crippen molar-refractivity contribution in [3.8, 4) is 11.3 Å². The first-order valence-electron chi connectivity index (χ1n) is 13.6. The molecule has 1 unspecified atom stereocenters. The van der Waals surface area contributed by atoms with E-state index >= 15 is 0 Å². The van der Waals surface area contributed by atoms with Crippen LogP contribution in [-0.4, -0.2) is 47.4 Å². The summed E-state index contributed by atoms with van der Waals surface area (Å²) in [5.74, 6) is -0.250. The third-order valence-electron chi connectivity index (χ3n) is 7.61. The minimum absolute atomic E-state index is 0.0396. The van der Waals surface area contributed by atoms with E-state index < -0.39 is 14.2 Å². The molecule has 2 aromatic heterocycles. The Balaban J connectivity index is 1.53. The molecule has 3 aromatic rings. The van der Waals surface area contributed by atoms with E-state index in [9.17, 15) is 14.0 Å². The molecule has 0 radical (unpaired) electrons. The Bertz CT molecular complexity index is 1300. The number of carbonyl (C=O) groups is 2. The highest BCUT2D eigenvalue weighted by Crippen LogP contribution is 2.34. The lowest BCUT2D eigenvalue weighted by Crippen LogP contribution is -2.39. The summed E-state index contributed by atoms with van der Waals surface area (Å²) in [5, 5.41) is 15.5. The van der Waals surface area contributed by atoms with Gasteiger partial charge in [0.15, 0.2) is 0 Å². The minimum Gasteiger partial charge on any atom is -0.465 e. The lowest BCUT2D eigenvalue weighted by Gasteiger charge is -2.31. The van der Waals surface area contributed by atoms with Gasteiger partial charge in [0.05, 0.1) is 11.4 Å². The molecule has 2 heterocycles. The van der Waals surface area contributed by atoms with Crippen molar-refractivity contribution in [2.45, 2.75) is 71.1 Å². The van der Waals surface area contributed by atoms with Crippen LogP contribution in [0.15, 0.2) is 42.6 Å². The van der Waals surface area contributed by atoms with Crippen LogP contribution < -0.4 is 10.6 Å². The average molecular weight is 555 g/mol. The standard InChI is InChI=1S/C29H39FN4O4Si/c1-19(32-29(36)37)20-5-7-22(8-6-20)28(35)33-25-13-14-31-27-24(25)17-26(21-9-11-23(30)12-10-21)34(27)18-38-15-16-39(2,3)4/h9-14,17,19-20,22,32H,5-8,15-16,18H2,1-4H3,(H,36,37)(H,31,33,35)/t19?,20-,22-. The Labute approximate surface area is 230 Å². The number of aromatic nitrogens is 2. The number of rotatable bonds is 10. The quantitative estimate of drug-likeness (QED) is 0.195. The molecular weight excluding hydrogens is 515 g/mol. The summed E-state index contributed by atoms with van der Waals surface area (Å²) in [7, 11) is -1.25. The Morgan fingerprint density at radius 3 is 2.49 bits per heavy atom. The molecule has 0 saturated heterocycles. The molecule has 1 aromatic carbocycles. The molecule has 0 bridgehead atoms. The van der Waals surface area contributed by atoms with Crippen molar-refractivity contribution in [1.82, 2.24) is 14.9 Å². The Kier molecular flexibility index (Phi) is 9.07. The largest absolute Gasteiger partial charge is 0.465 e. The zero-order chi connectivity index (χ0) is 28.2. The topological polar surface area (TPSA) is 105 Å². The third kappa shape index (κ3) is 7.45. The van der Waals surface area contributed by atoms with Crippen LogP contribution in [0.25, 0.3) is 22.3 Å². The van der Waals surface area contributed by atoms with Crippen LogP contribution in [-0.2, 0) is 16.3 Å². The van der Waals surface area contributed by atoms with Gasteiger partial charge in [0.2, 0.25) is 5.91 Å². The molecule has 3 N–H and O–H groups in total. The summed E-state index contributed by atoms with van der Waals surface area (Å²) in [6, 6.07) is 11.0. The SMILES string of the molecule is CC(NC(=O)O)[C@H]1CC[C@H](C(=O)Nc2ccnc3c2cc(-c2ccc(F)cc2)n3COCC[Si](C)(C)C)CC1. The van der Waals surface area contributed by atoms with E-state index in [0.717, 1.165) is 35.5 Å². The van der Waals surface area contributed by atoms with E-state index in [1.807, 2.05) is 17.6 Å². The monoisotopic (exact) mass is 554 g/mol. The molecule has 1 fully saturated rings. The highest BCUT2D eigenvalue weighted by Gasteiger charge is 2.30. The molecule has 1 aliphatic carbocycles. The predicted molar refractivity (Wildman–Crippen MR) is 154 cm³/mol. The fourth-order valence-corrected chi connectivity index (χ4v) is 5.97. The third-order valence-corrected chi connectivity index (χ3v) is 9.32.